The van der Waals surface area contributed by atoms with Crippen LogP contribution in [0.25, 0.3) is 0 Å². The van der Waals surface area contributed by atoms with E-state index in [0.29, 0.717) is 28.0 Å². The smallest absolute Gasteiger partial charge is 0.341 e. The van der Waals surface area contributed by atoms with Gasteiger partial charge in [0, 0.05) is 11.9 Å². The highest BCUT2D eigenvalue weighted by molar-refractivity contribution is 7.99. The van der Waals surface area contributed by atoms with Gasteiger partial charge >= 0.3 is 5.97 Å². The molecular weight excluding hydrogens is 460 g/mol. The lowest BCUT2D eigenvalue weighted by Crippen LogP contribution is -2.16. The Bertz CT molecular complexity index is 1120. The lowest BCUT2D eigenvalue weighted by molar-refractivity contribution is -0.113. The Kier molecular flexibility index (Phi) is 8.51. The number of carbonyl (C=O) groups is 2. The fourth-order valence-electron chi connectivity index (χ4n) is 3.27. The second-order valence-corrected chi connectivity index (χ2v) is 9.43. The summed E-state index contributed by atoms with van der Waals surface area (Å²) in [6.45, 7) is 6.29. The van der Waals surface area contributed by atoms with E-state index in [4.69, 9.17) is 9.47 Å². The third-order valence-corrected chi connectivity index (χ3v) is 7.25. The van der Waals surface area contributed by atoms with Gasteiger partial charge in [0.2, 0.25) is 5.91 Å². The number of thioether (sulfide) groups is 1. The first-order valence-electron chi connectivity index (χ1n) is 10.6. The molecule has 0 spiro atoms. The molecule has 8 nitrogen and oxygen atoms in total. The van der Waals surface area contributed by atoms with Crippen LogP contribution in [0.3, 0.4) is 0 Å². The SMILES string of the molecule is CCc1ccc(OCc2nnc(SCC(=O)Nc3sc(C)c(CC)c3C(=O)OC)n2C)cc1. The molecule has 0 aliphatic carbocycles. The maximum Gasteiger partial charge on any atom is 0.341 e. The predicted molar refractivity (Wildman–Crippen MR) is 130 cm³/mol. The number of thiophene rings is 1. The zero-order valence-corrected chi connectivity index (χ0v) is 21.1. The molecule has 3 aromatic rings. The maximum absolute atomic E-state index is 12.6. The molecule has 10 heteroatoms. The summed E-state index contributed by atoms with van der Waals surface area (Å²) in [5.41, 5.74) is 2.59. The standard InChI is InChI=1S/C23H28N4O4S2/c1-6-15-8-10-16(11-9-15)31-12-18-25-26-23(27(18)4)32-13-19(28)24-21-20(22(29)30-5)17(7-2)14(3)33-21/h8-11H,6-7,12-13H2,1-5H3,(H,24,28). The first-order chi connectivity index (χ1) is 15.9. The number of anilines is 1. The van der Waals surface area contributed by atoms with Crippen molar-refractivity contribution < 1.29 is 19.1 Å². The first-order valence-corrected chi connectivity index (χ1v) is 12.4. The Labute approximate surface area is 201 Å². The van der Waals surface area contributed by atoms with Crippen LogP contribution in [0.5, 0.6) is 5.75 Å². The van der Waals surface area contributed by atoms with Gasteiger partial charge in [-0.1, -0.05) is 37.7 Å². The van der Waals surface area contributed by atoms with Gasteiger partial charge in [0.1, 0.15) is 17.4 Å². The summed E-state index contributed by atoms with van der Waals surface area (Å²) in [6, 6.07) is 7.95. The summed E-state index contributed by atoms with van der Waals surface area (Å²) in [5.74, 6) is 0.881. The summed E-state index contributed by atoms with van der Waals surface area (Å²) < 4.78 is 12.5. The molecule has 0 saturated carbocycles. The molecule has 0 radical (unpaired) electrons. The Hall–Kier alpha value is -2.85. The monoisotopic (exact) mass is 488 g/mol. The summed E-state index contributed by atoms with van der Waals surface area (Å²) in [5, 5.41) is 12.3. The van der Waals surface area contributed by atoms with E-state index in [1.807, 2.05) is 49.7 Å². The average Bonchev–Trinajstić information content (AvgIpc) is 3.33. The third kappa shape index (κ3) is 5.94. The Morgan fingerprint density at radius 3 is 2.52 bits per heavy atom. The fourth-order valence-corrected chi connectivity index (χ4v) is 5.15. The zero-order valence-electron chi connectivity index (χ0n) is 19.4. The molecule has 2 aromatic heterocycles. The number of amides is 1. The third-order valence-electron chi connectivity index (χ3n) is 5.16. The number of hydrogen-bond acceptors (Lipinski definition) is 8. The number of nitrogens with zero attached hydrogens (tertiary/aromatic N) is 3. The summed E-state index contributed by atoms with van der Waals surface area (Å²) in [4.78, 5) is 25.8. The van der Waals surface area contributed by atoms with Crippen LogP contribution in [0.15, 0.2) is 29.4 Å². The highest BCUT2D eigenvalue weighted by Crippen LogP contribution is 2.34. The number of aromatic nitrogens is 3. The van der Waals surface area contributed by atoms with Crippen LogP contribution in [-0.4, -0.2) is 39.5 Å². The van der Waals surface area contributed by atoms with Crippen LogP contribution in [0.4, 0.5) is 5.00 Å². The number of benzene rings is 1. The van der Waals surface area contributed by atoms with E-state index in [9.17, 15) is 9.59 Å². The average molecular weight is 489 g/mol. The minimum Gasteiger partial charge on any atom is -0.486 e. The van der Waals surface area contributed by atoms with Crippen molar-refractivity contribution in [2.45, 2.75) is 45.4 Å². The van der Waals surface area contributed by atoms with Gasteiger partial charge in [0.05, 0.1) is 18.4 Å². The molecule has 3 rings (SSSR count). The van der Waals surface area contributed by atoms with Gasteiger partial charge in [0.15, 0.2) is 11.0 Å². The lowest BCUT2D eigenvalue weighted by Gasteiger charge is -2.08. The molecular formula is C23H28N4O4S2. The normalized spacial score (nSPS) is 10.8. The largest absolute Gasteiger partial charge is 0.486 e. The van der Waals surface area contributed by atoms with Gasteiger partial charge in [0.25, 0.3) is 0 Å². The number of rotatable bonds is 10. The number of hydrogen-bond donors (Lipinski definition) is 1. The van der Waals surface area contributed by atoms with Crippen molar-refractivity contribution in [3.8, 4) is 5.75 Å². The van der Waals surface area contributed by atoms with E-state index < -0.39 is 5.97 Å². The molecule has 0 atom stereocenters. The molecule has 1 N–H and O–H groups in total. The van der Waals surface area contributed by atoms with Crippen molar-refractivity contribution in [2.24, 2.45) is 7.05 Å². The summed E-state index contributed by atoms with van der Waals surface area (Å²) >= 11 is 2.65. The van der Waals surface area contributed by atoms with Crippen LogP contribution in [0.2, 0.25) is 0 Å². The van der Waals surface area contributed by atoms with Crippen LogP contribution >= 0.6 is 23.1 Å². The van der Waals surface area contributed by atoms with E-state index >= 15 is 0 Å². The van der Waals surface area contributed by atoms with Crippen LogP contribution in [0.1, 0.15) is 46.0 Å². The second kappa shape index (κ2) is 11.3. The number of esters is 1. The molecule has 0 bridgehead atoms. The van der Waals surface area contributed by atoms with E-state index in [0.717, 1.165) is 22.6 Å². The Morgan fingerprint density at radius 2 is 1.88 bits per heavy atom. The van der Waals surface area contributed by atoms with Crippen LogP contribution in [0, 0.1) is 6.92 Å². The zero-order chi connectivity index (χ0) is 24.0. The van der Waals surface area contributed by atoms with Crippen molar-refractivity contribution in [3.05, 3.63) is 51.7 Å². The van der Waals surface area contributed by atoms with Gasteiger partial charge < -0.3 is 19.4 Å². The van der Waals surface area contributed by atoms with Crippen molar-refractivity contribution in [3.63, 3.8) is 0 Å². The van der Waals surface area contributed by atoms with E-state index in [1.54, 1.807) is 0 Å². The number of nitrogens with one attached hydrogen (secondary N) is 1. The lowest BCUT2D eigenvalue weighted by atomic mass is 10.1. The van der Waals surface area contributed by atoms with E-state index in [2.05, 4.69) is 22.4 Å². The Balaban J connectivity index is 1.59. The van der Waals surface area contributed by atoms with Crippen LogP contribution < -0.4 is 10.1 Å². The molecule has 33 heavy (non-hydrogen) atoms. The number of carbonyl (C=O) groups excluding carboxylic acids is 2. The quantitative estimate of drug-likeness (QED) is 0.334. The van der Waals surface area contributed by atoms with Crippen molar-refractivity contribution in [1.82, 2.24) is 14.8 Å². The van der Waals surface area contributed by atoms with Crippen molar-refractivity contribution in [2.75, 3.05) is 18.2 Å². The maximum atomic E-state index is 12.6. The van der Waals surface area contributed by atoms with Gasteiger partial charge in [-0.15, -0.1) is 21.5 Å². The minimum absolute atomic E-state index is 0.129. The fraction of sp³-hybridized carbons (Fsp3) is 0.391. The molecule has 1 aromatic carbocycles. The molecule has 2 heterocycles. The van der Waals surface area contributed by atoms with E-state index in [1.165, 1.54) is 35.8 Å². The number of ether oxygens (including phenoxy) is 2. The second-order valence-electron chi connectivity index (χ2n) is 7.27. The molecule has 0 unspecified atom stereocenters. The van der Waals surface area contributed by atoms with E-state index in [-0.39, 0.29) is 18.3 Å². The molecule has 0 fully saturated rings. The van der Waals surface area contributed by atoms with Crippen LogP contribution in [-0.2, 0) is 36.0 Å². The topological polar surface area (TPSA) is 95.3 Å². The molecule has 0 aliphatic heterocycles. The summed E-state index contributed by atoms with van der Waals surface area (Å²) in [6.07, 6.45) is 1.66. The molecule has 176 valence electrons. The van der Waals surface area contributed by atoms with Crippen molar-refractivity contribution >= 4 is 40.0 Å². The van der Waals surface area contributed by atoms with Gasteiger partial charge in [-0.05, 0) is 43.0 Å². The Morgan fingerprint density at radius 1 is 1.15 bits per heavy atom. The summed E-state index contributed by atoms with van der Waals surface area (Å²) in [7, 11) is 3.18. The number of aryl methyl sites for hydroxylation is 2. The highest BCUT2D eigenvalue weighted by atomic mass is 32.2. The molecule has 1 amide bonds. The van der Waals surface area contributed by atoms with Gasteiger partial charge in [-0.3, -0.25) is 4.79 Å². The first kappa shape index (κ1) is 24.8. The highest BCUT2D eigenvalue weighted by Gasteiger charge is 2.23. The minimum atomic E-state index is -0.443. The molecule has 0 saturated heterocycles. The number of methoxy groups -OCH3 is 1. The molecule has 0 aliphatic rings. The van der Waals surface area contributed by atoms with Gasteiger partial charge in [-0.25, -0.2) is 4.79 Å². The predicted octanol–water partition coefficient (Wildman–Crippen LogP) is 4.41. The van der Waals surface area contributed by atoms with Crippen molar-refractivity contribution in [1.29, 1.82) is 0 Å². The van der Waals surface area contributed by atoms with Gasteiger partial charge in [-0.2, -0.15) is 0 Å².